The van der Waals surface area contributed by atoms with E-state index in [1.54, 1.807) is 11.8 Å². The molecular weight excluding hydrogens is 437 g/mol. The first-order chi connectivity index (χ1) is 16.2. The first kappa shape index (κ1) is 22.5. The number of nitrogens with zero attached hydrogens (tertiary/aromatic N) is 5. The van der Waals surface area contributed by atoms with Crippen molar-refractivity contribution in [2.24, 2.45) is 0 Å². The van der Waals surface area contributed by atoms with E-state index in [1.165, 1.54) is 17.7 Å². The number of pyridine rings is 1. The van der Waals surface area contributed by atoms with Gasteiger partial charge in [-0.15, -0.1) is 10.2 Å². The van der Waals surface area contributed by atoms with E-state index in [1.807, 2.05) is 30.6 Å². The third kappa shape index (κ3) is 5.80. The number of rotatable bonds is 8. The van der Waals surface area contributed by atoms with Crippen LogP contribution in [0.5, 0.6) is 0 Å². The minimum Gasteiger partial charge on any atom is -0.376 e. The van der Waals surface area contributed by atoms with Gasteiger partial charge in [0, 0.05) is 37.2 Å². The van der Waals surface area contributed by atoms with Gasteiger partial charge in [0.1, 0.15) is 11.6 Å². The van der Waals surface area contributed by atoms with E-state index >= 15 is 0 Å². The summed E-state index contributed by atoms with van der Waals surface area (Å²) in [5.41, 5.74) is 2.34. The number of ether oxygens (including phenoxy) is 1. The predicted octanol–water partition coefficient (Wildman–Crippen LogP) is 4.66. The Kier molecular flexibility index (Phi) is 7.34. The normalized spacial score (nSPS) is 19.8. The SMILES string of the molecule is Fc1ccc(CSc2nnc(C3CCN(Cc4cccnc4)CC3)n2C[C@@H]2CCCO2)cc1. The molecule has 0 spiro atoms. The van der Waals surface area contributed by atoms with Crippen LogP contribution in [0, 0.1) is 5.82 Å². The Morgan fingerprint density at radius 2 is 1.88 bits per heavy atom. The van der Waals surface area contributed by atoms with Crippen LogP contribution in [0.2, 0.25) is 0 Å². The Labute approximate surface area is 198 Å². The van der Waals surface area contributed by atoms with Gasteiger partial charge >= 0.3 is 0 Å². The molecule has 3 aromatic rings. The molecule has 1 aromatic carbocycles. The lowest BCUT2D eigenvalue weighted by Gasteiger charge is -2.31. The van der Waals surface area contributed by atoms with E-state index in [0.717, 1.165) is 80.8 Å². The van der Waals surface area contributed by atoms with E-state index in [-0.39, 0.29) is 11.9 Å². The average molecular weight is 468 g/mol. The van der Waals surface area contributed by atoms with Crippen LogP contribution in [0.25, 0.3) is 0 Å². The Morgan fingerprint density at radius 1 is 1.03 bits per heavy atom. The van der Waals surface area contributed by atoms with Crippen molar-refractivity contribution in [3.05, 3.63) is 71.6 Å². The maximum atomic E-state index is 13.2. The molecule has 2 saturated heterocycles. The molecule has 0 bridgehead atoms. The maximum absolute atomic E-state index is 13.2. The third-order valence-electron chi connectivity index (χ3n) is 6.52. The minimum atomic E-state index is -0.206. The number of likely N-dealkylation sites (tertiary alicyclic amines) is 1. The molecule has 2 aromatic heterocycles. The summed E-state index contributed by atoms with van der Waals surface area (Å²) < 4.78 is 21.5. The molecule has 0 saturated carbocycles. The van der Waals surface area contributed by atoms with Crippen LogP contribution in [0.3, 0.4) is 0 Å². The molecule has 0 N–H and O–H groups in total. The van der Waals surface area contributed by atoms with Crippen molar-refractivity contribution < 1.29 is 9.13 Å². The van der Waals surface area contributed by atoms with Crippen molar-refractivity contribution >= 4 is 11.8 Å². The lowest BCUT2D eigenvalue weighted by atomic mass is 9.95. The standard InChI is InChI=1S/C25H30FN5OS/c26-22-7-5-19(6-8-22)18-33-25-29-28-24(31(25)17-23-4-2-14-32-23)21-9-12-30(13-10-21)16-20-3-1-11-27-15-20/h1,3,5-8,11,15,21,23H,2,4,9-10,12-14,16-18H2/t23-/m0/s1. The summed E-state index contributed by atoms with van der Waals surface area (Å²) in [6, 6.07) is 10.8. The van der Waals surface area contributed by atoms with Gasteiger partial charge in [-0.05, 0) is 68.1 Å². The van der Waals surface area contributed by atoms with E-state index in [9.17, 15) is 4.39 Å². The van der Waals surface area contributed by atoms with Crippen LogP contribution in [-0.2, 0) is 23.6 Å². The predicted molar refractivity (Wildman–Crippen MR) is 126 cm³/mol. The molecule has 2 aliphatic rings. The minimum absolute atomic E-state index is 0.206. The number of benzene rings is 1. The molecule has 0 amide bonds. The lowest BCUT2D eigenvalue weighted by Crippen LogP contribution is -2.33. The van der Waals surface area contributed by atoms with Crippen molar-refractivity contribution in [3.8, 4) is 0 Å². The van der Waals surface area contributed by atoms with Crippen LogP contribution in [-0.4, -0.2) is 50.4 Å². The summed E-state index contributed by atoms with van der Waals surface area (Å²) in [5.74, 6) is 2.04. The van der Waals surface area contributed by atoms with Gasteiger partial charge < -0.3 is 9.30 Å². The Morgan fingerprint density at radius 3 is 2.61 bits per heavy atom. The summed E-state index contributed by atoms with van der Waals surface area (Å²) >= 11 is 1.67. The van der Waals surface area contributed by atoms with Crippen molar-refractivity contribution in [1.29, 1.82) is 0 Å². The molecule has 6 nitrogen and oxygen atoms in total. The first-order valence-electron chi connectivity index (χ1n) is 11.8. The molecule has 5 rings (SSSR count). The number of hydrogen-bond donors (Lipinski definition) is 0. The number of hydrogen-bond acceptors (Lipinski definition) is 6. The van der Waals surface area contributed by atoms with Gasteiger partial charge in [-0.3, -0.25) is 9.88 Å². The molecule has 0 unspecified atom stereocenters. The first-order valence-corrected chi connectivity index (χ1v) is 12.8. The number of halogens is 1. The fourth-order valence-corrected chi connectivity index (χ4v) is 5.61. The van der Waals surface area contributed by atoms with Gasteiger partial charge in [0.25, 0.3) is 0 Å². The highest BCUT2D eigenvalue weighted by molar-refractivity contribution is 7.98. The Bertz CT molecular complexity index is 1020. The molecule has 2 fully saturated rings. The van der Waals surface area contributed by atoms with Crippen LogP contribution < -0.4 is 0 Å². The molecule has 1 atom stereocenters. The van der Waals surface area contributed by atoms with Gasteiger partial charge in [-0.25, -0.2) is 4.39 Å². The second kappa shape index (κ2) is 10.8. The van der Waals surface area contributed by atoms with Crippen LogP contribution in [0.4, 0.5) is 4.39 Å². The molecule has 2 aliphatic heterocycles. The van der Waals surface area contributed by atoms with Crippen LogP contribution >= 0.6 is 11.8 Å². The average Bonchev–Trinajstić information content (AvgIpc) is 3.51. The fraction of sp³-hybridized carbons (Fsp3) is 0.480. The second-order valence-electron chi connectivity index (χ2n) is 8.91. The number of piperidine rings is 1. The molecule has 33 heavy (non-hydrogen) atoms. The quantitative estimate of drug-likeness (QED) is 0.449. The zero-order valence-corrected chi connectivity index (χ0v) is 19.6. The Balaban J connectivity index is 1.26. The van der Waals surface area contributed by atoms with Crippen molar-refractivity contribution in [2.75, 3.05) is 19.7 Å². The highest BCUT2D eigenvalue weighted by Gasteiger charge is 2.28. The van der Waals surface area contributed by atoms with Gasteiger partial charge in [0.15, 0.2) is 5.16 Å². The van der Waals surface area contributed by atoms with Gasteiger partial charge in [0.2, 0.25) is 0 Å². The zero-order chi connectivity index (χ0) is 22.5. The third-order valence-corrected chi connectivity index (χ3v) is 7.56. The van der Waals surface area contributed by atoms with E-state index in [2.05, 4.69) is 30.7 Å². The topological polar surface area (TPSA) is 56.1 Å². The summed E-state index contributed by atoms with van der Waals surface area (Å²) in [7, 11) is 0. The van der Waals surface area contributed by atoms with Crippen molar-refractivity contribution in [3.63, 3.8) is 0 Å². The molecular formula is C25H30FN5OS. The summed E-state index contributed by atoms with van der Waals surface area (Å²) in [4.78, 5) is 6.74. The molecule has 0 aliphatic carbocycles. The lowest BCUT2D eigenvalue weighted by molar-refractivity contribution is 0.0931. The van der Waals surface area contributed by atoms with Gasteiger partial charge in [-0.1, -0.05) is 30.0 Å². The molecule has 4 heterocycles. The van der Waals surface area contributed by atoms with Crippen LogP contribution in [0.15, 0.2) is 53.9 Å². The van der Waals surface area contributed by atoms with Crippen molar-refractivity contribution in [2.45, 2.75) is 61.7 Å². The number of aromatic nitrogens is 4. The van der Waals surface area contributed by atoms with Crippen molar-refractivity contribution in [1.82, 2.24) is 24.6 Å². The van der Waals surface area contributed by atoms with E-state index in [0.29, 0.717) is 5.92 Å². The highest BCUT2D eigenvalue weighted by atomic mass is 32.2. The van der Waals surface area contributed by atoms with Crippen LogP contribution in [0.1, 0.15) is 48.6 Å². The molecule has 8 heteroatoms. The van der Waals surface area contributed by atoms with E-state index < -0.39 is 0 Å². The fourth-order valence-electron chi connectivity index (χ4n) is 4.70. The largest absolute Gasteiger partial charge is 0.376 e. The zero-order valence-electron chi connectivity index (χ0n) is 18.8. The molecule has 174 valence electrons. The smallest absolute Gasteiger partial charge is 0.191 e. The van der Waals surface area contributed by atoms with E-state index in [4.69, 9.17) is 4.74 Å². The van der Waals surface area contributed by atoms with Gasteiger partial charge in [0.05, 0.1) is 12.6 Å². The maximum Gasteiger partial charge on any atom is 0.191 e. The molecule has 0 radical (unpaired) electrons. The Hall–Kier alpha value is -2.29. The summed E-state index contributed by atoms with van der Waals surface area (Å²) in [6.07, 6.45) is 8.36. The highest BCUT2D eigenvalue weighted by Crippen LogP contribution is 2.32. The summed E-state index contributed by atoms with van der Waals surface area (Å²) in [5, 5.41) is 10.2. The number of thioether (sulfide) groups is 1. The monoisotopic (exact) mass is 467 g/mol. The van der Waals surface area contributed by atoms with Gasteiger partial charge in [-0.2, -0.15) is 0 Å². The second-order valence-corrected chi connectivity index (χ2v) is 9.86. The summed E-state index contributed by atoms with van der Waals surface area (Å²) in [6.45, 7) is 4.69.